The van der Waals surface area contributed by atoms with Gasteiger partial charge in [0.25, 0.3) is 0 Å². The number of hydrogen-bond donors (Lipinski definition) is 2. The standard InChI is InChI=1S/C10H10ClF3N2O2/c11-6-1-2-8(7(15)3-6)16-9(17)4-18-5-10(12,13)14/h1-3H,4-5,15H2,(H,16,17). The third kappa shape index (κ3) is 5.24. The molecule has 0 aliphatic carbocycles. The minimum atomic E-state index is -4.46. The van der Waals surface area contributed by atoms with E-state index in [0.717, 1.165) is 0 Å². The number of halogens is 4. The summed E-state index contributed by atoms with van der Waals surface area (Å²) in [6, 6.07) is 4.34. The Kier molecular flexibility index (Phi) is 4.80. The van der Waals surface area contributed by atoms with Gasteiger partial charge in [-0.05, 0) is 18.2 Å². The lowest BCUT2D eigenvalue weighted by atomic mass is 10.2. The summed E-state index contributed by atoms with van der Waals surface area (Å²) in [5, 5.41) is 2.70. The molecule has 0 saturated heterocycles. The van der Waals surface area contributed by atoms with Gasteiger partial charge in [0.1, 0.15) is 13.2 Å². The first kappa shape index (κ1) is 14.6. The Morgan fingerprint density at radius 1 is 1.44 bits per heavy atom. The fourth-order valence-corrected chi connectivity index (χ4v) is 1.27. The molecule has 100 valence electrons. The van der Waals surface area contributed by atoms with Crippen LogP contribution in [0.15, 0.2) is 18.2 Å². The average molecular weight is 283 g/mol. The van der Waals surface area contributed by atoms with Crippen LogP contribution in [0.3, 0.4) is 0 Å². The lowest BCUT2D eigenvalue weighted by molar-refractivity contribution is -0.174. The molecular formula is C10H10ClF3N2O2. The van der Waals surface area contributed by atoms with Gasteiger partial charge in [0.2, 0.25) is 5.91 Å². The van der Waals surface area contributed by atoms with Crippen molar-refractivity contribution in [1.29, 1.82) is 0 Å². The third-order valence-corrected chi connectivity index (χ3v) is 2.02. The van der Waals surface area contributed by atoms with Crippen LogP contribution in [0.1, 0.15) is 0 Å². The smallest absolute Gasteiger partial charge is 0.397 e. The Morgan fingerprint density at radius 3 is 2.67 bits per heavy atom. The van der Waals surface area contributed by atoms with Gasteiger partial charge < -0.3 is 15.8 Å². The van der Waals surface area contributed by atoms with Crippen LogP contribution < -0.4 is 11.1 Å². The van der Waals surface area contributed by atoms with Crippen LogP contribution in [0, 0.1) is 0 Å². The third-order valence-electron chi connectivity index (χ3n) is 1.79. The van der Waals surface area contributed by atoms with E-state index in [2.05, 4.69) is 10.1 Å². The largest absolute Gasteiger partial charge is 0.411 e. The van der Waals surface area contributed by atoms with E-state index in [1.807, 2.05) is 0 Å². The molecule has 0 aliphatic heterocycles. The number of nitrogen functional groups attached to an aromatic ring is 1. The quantitative estimate of drug-likeness (QED) is 0.834. The summed E-state index contributed by atoms with van der Waals surface area (Å²) in [4.78, 5) is 11.2. The second-order valence-corrected chi connectivity index (χ2v) is 3.82. The summed E-state index contributed by atoms with van der Waals surface area (Å²) in [5.41, 5.74) is 6.03. The van der Waals surface area contributed by atoms with Gasteiger partial charge in [-0.2, -0.15) is 13.2 Å². The monoisotopic (exact) mass is 282 g/mol. The Hall–Kier alpha value is -1.47. The van der Waals surface area contributed by atoms with Crippen LogP contribution >= 0.6 is 11.6 Å². The lowest BCUT2D eigenvalue weighted by Crippen LogP contribution is -2.24. The van der Waals surface area contributed by atoms with E-state index >= 15 is 0 Å². The number of ether oxygens (including phenoxy) is 1. The van der Waals surface area contributed by atoms with Crippen molar-refractivity contribution >= 4 is 28.9 Å². The number of benzene rings is 1. The maximum absolute atomic E-state index is 11.8. The second kappa shape index (κ2) is 5.92. The minimum Gasteiger partial charge on any atom is -0.397 e. The zero-order chi connectivity index (χ0) is 13.8. The molecule has 1 amide bonds. The maximum Gasteiger partial charge on any atom is 0.411 e. The predicted octanol–water partition coefficient (Wildman–Crippen LogP) is 2.44. The molecule has 0 aliphatic rings. The Morgan fingerprint density at radius 2 is 2.11 bits per heavy atom. The van der Waals surface area contributed by atoms with Crippen molar-refractivity contribution in [2.75, 3.05) is 24.3 Å². The minimum absolute atomic E-state index is 0.215. The van der Waals surface area contributed by atoms with Crippen LogP contribution in [0.2, 0.25) is 5.02 Å². The van der Waals surface area contributed by atoms with Crippen LogP contribution in [0.5, 0.6) is 0 Å². The molecule has 1 aromatic rings. The first-order valence-electron chi connectivity index (χ1n) is 4.77. The number of carbonyl (C=O) groups excluding carboxylic acids is 1. The van der Waals surface area contributed by atoms with E-state index in [0.29, 0.717) is 5.02 Å². The van der Waals surface area contributed by atoms with Crippen LogP contribution in [0.25, 0.3) is 0 Å². The van der Waals surface area contributed by atoms with E-state index in [1.54, 1.807) is 0 Å². The maximum atomic E-state index is 11.8. The predicted molar refractivity (Wildman–Crippen MR) is 61.4 cm³/mol. The highest BCUT2D eigenvalue weighted by molar-refractivity contribution is 6.31. The summed E-state index contributed by atoms with van der Waals surface area (Å²) in [7, 11) is 0. The number of nitrogens with two attached hydrogens (primary N) is 1. The number of anilines is 2. The number of alkyl halides is 3. The van der Waals surface area contributed by atoms with Crippen molar-refractivity contribution in [2.45, 2.75) is 6.18 Å². The molecule has 1 rings (SSSR count). The van der Waals surface area contributed by atoms with Gasteiger partial charge >= 0.3 is 6.18 Å². The van der Waals surface area contributed by atoms with Gasteiger partial charge in [-0.3, -0.25) is 4.79 Å². The van der Waals surface area contributed by atoms with Crippen LogP contribution in [-0.2, 0) is 9.53 Å². The summed E-state index contributed by atoms with van der Waals surface area (Å²) in [5.74, 6) is -0.728. The first-order valence-corrected chi connectivity index (χ1v) is 5.15. The van der Waals surface area contributed by atoms with Crippen molar-refractivity contribution in [3.63, 3.8) is 0 Å². The topological polar surface area (TPSA) is 64.3 Å². The van der Waals surface area contributed by atoms with Crippen molar-refractivity contribution in [3.05, 3.63) is 23.2 Å². The molecule has 0 heterocycles. The highest BCUT2D eigenvalue weighted by atomic mass is 35.5. The van der Waals surface area contributed by atoms with Crippen molar-refractivity contribution < 1.29 is 22.7 Å². The highest BCUT2D eigenvalue weighted by Gasteiger charge is 2.27. The normalized spacial score (nSPS) is 11.3. The molecule has 0 fully saturated rings. The van der Waals surface area contributed by atoms with Crippen LogP contribution in [0.4, 0.5) is 24.5 Å². The van der Waals surface area contributed by atoms with Crippen molar-refractivity contribution in [2.24, 2.45) is 0 Å². The number of rotatable bonds is 4. The molecule has 0 unspecified atom stereocenters. The van der Waals surface area contributed by atoms with E-state index in [4.69, 9.17) is 17.3 Å². The molecule has 18 heavy (non-hydrogen) atoms. The Bertz CT molecular complexity index is 438. The number of nitrogens with one attached hydrogen (secondary N) is 1. The molecule has 8 heteroatoms. The van der Waals surface area contributed by atoms with E-state index in [-0.39, 0.29) is 11.4 Å². The van der Waals surface area contributed by atoms with Crippen LogP contribution in [-0.4, -0.2) is 25.3 Å². The summed E-state index contributed by atoms with van der Waals surface area (Å²) < 4.78 is 39.4. The molecule has 1 aromatic carbocycles. The molecule has 0 bridgehead atoms. The van der Waals surface area contributed by atoms with E-state index < -0.39 is 25.3 Å². The molecule has 3 N–H and O–H groups in total. The van der Waals surface area contributed by atoms with Crippen molar-refractivity contribution in [1.82, 2.24) is 0 Å². The summed E-state index contributed by atoms with van der Waals surface area (Å²) in [6.07, 6.45) is -4.46. The van der Waals surface area contributed by atoms with E-state index in [1.165, 1.54) is 18.2 Å². The highest BCUT2D eigenvalue weighted by Crippen LogP contribution is 2.22. The second-order valence-electron chi connectivity index (χ2n) is 3.39. The van der Waals surface area contributed by atoms with Gasteiger partial charge in [-0.25, -0.2) is 0 Å². The first-order chi connectivity index (χ1) is 8.28. The summed E-state index contributed by atoms with van der Waals surface area (Å²) >= 11 is 5.64. The zero-order valence-corrected chi connectivity index (χ0v) is 9.81. The zero-order valence-electron chi connectivity index (χ0n) is 9.05. The number of hydrogen-bond acceptors (Lipinski definition) is 3. The van der Waals surface area contributed by atoms with Gasteiger partial charge in [0.15, 0.2) is 0 Å². The van der Waals surface area contributed by atoms with Gasteiger partial charge in [-0.15, -0.1) is 0 Å². The summed E-state index contributed by atoms with van der Waals surface area (Å²) in [6.45, 7) is -2.18. The molecular weight excluding hydrogens is 273 g/mol. The fraction of sp³-hybridized carbons (Fsp3) is 0.300. The fourth-order valence-electron chi connectivity index (χ4n) is 1.09. The Balaban J connectivity index is 2.45. The molecule has 4 nitrogen and oxygen atoms in total. The molecule has 0 atom stereocenters. The molecule has 0 spiro atoms. The molecule has 0 aromatic heterocycles. The van der Waals surface area contributed by atoms with Gasteiger partial charge in [-0.1, -0.05) is 11.6 Å². The average Bonchev–Trinajstić information content (AvgIpc) is 2.20. The SMILES string of the molecule is Nc1cc(Cl)ccc1NC(=O)COCC(F)(F)F. The van der Waals surface area contributed by atoms with E-state index in [9.17, 15) is 18.0 Å². The molecule has 0 radical (unpaired) electrons. The van der Waals surface area contributed by atoms with Crippen molar-refractivity contribution in [3.8, 4) is 0 Å². The molecule has 0 saturated carbocycles. The lowest BCUT2D eigenvalue weighted by Gasteiger charge is -2.10. The number of carbonyl (C=O) groups is 1. The number of amides is 1. The Labute approximate surface area is 106 Å². The van der Waals surface area contributed by atoms with Gasteiger partial charge in [0, 0.05) is 5.02 Å². The van der Waals surface area contributed by atoms with Gasteiger partial charge in [0.05, 0.1) is 11.4 Å².